The molecule has 0 aliphatic rings. The van der Waals surface area contributed by atoms with Crippen molar-refractivity contribution in [1.82, 2.24) is 9.97 Å². The molecule has 1 aromatic carbocycles. The molecule has 28 heavy (non-hydrogen) atoms. The third-order valence-corrected chi connectivity index (χ3v) is 4.48. The lowest BCUT2D eigenvalue weighted by Gasteiger charge is -2.21. The number of hydrogen-bond acceptors (Lipinski definition) is 5. The van der Waals surface area contributed by atoms with Crippen LogP contribution in [0.3, 0.4) is 0 Å². The number of carbonyl (C=O) groups excluding carboxylic acids is 1. The Morgan fingerprint density at radius 2 is 1.89 bits per heavy atom. The molecule has 7 heteroatoms. The highest BCUT2D eigenvalue weighted by Gasteiger charge is 2.25. The van der Waals surface area contributed by atoms with E-state index in [-0.39, 0.29) is 11.7 Å². The van der Waals surface area contributed by atoms with Crippen molar-refractivity contribution in [2.24, 2.45) is 0 Å². The van der Waals surface area contributed by atoms with Crippen molar-refractivity contribution in [1.29, 1.82) is 0 Å². The van der Waals surface area contributed by atoms with Crippen LogP contribution in [0.1, 0.15) is 74.9 Å². The lowest BCUT2D eigenvalue weighted by atomic mass is 9.97. The van der Waals surface area contributed by atoms with Crippen molar-refractivity contribution in [3.63, 3.8) is 0 Å². The normalized spacial score (nSPS) is 11.6. The molecule has 0 atom stereocenters. The smallest absolute Gasteiger partial charge is 0.376 e. The number of ether oxygens (including phenoxy) is 1. The predicted octanol–water partition coefficient (Wildman–Crippen LogP) is 5.88. The van der Waals surface area contributed by atoms with Gasteiger partial charge in [0.05, 0.1) is 5.69 Å². The first kappa shape index (κ1) is 22.4. The molecule has 0 fully saturated rings. The van der Waals surface area contributed by atoms with Crippen LogP contribution >= 0.6 is 23.2 Å². The second-order valence-electron chi connectivity index (χ2n) is 7.86. The third-order valence-electron chi connectivity index (χ3n) is 3.89. The molecule has 0 aliphatic heterocycles. The highest BCUT2D eigenvalue weighted by atomic mass is 35.5. The fraction of sp³-hybridized carbons (Fsp3) is 0.476. The van der Waals surface area contributed by atoms with Gasteiger partial charge < -0.3 is 10.1 Å². The number of hydrogen-bond donors (Lipinski definition) is 1. The maximum Gasteiger partial charge on any atom is 0.376 e. The SMILES string of the molecule is CCNc1nc(C(=O)OC(C)(C)C)nc(C(C)C)c1Cc1ccc(Cl)cc1Cl. The minimum atomic E-state index is -0.619. The number of rotatable bonds is 6. The molecular formula is C21H27Cl2N3O2. The number of halogens is 2. The van der Waals surface area contributed by atoms with E-state index in [1.54, 1.807) is 12.1 Å². The van der Waals surface area contributed by atoms with Gasteiger partial charge in [-0.15, -0.1) is 0 Å². The van der Waals surface area contributed by atoms with Crippen molar-refractivity contribution in [2.45, 2.75) is 59.5 Å². The molecule has 2 rings (SSSR count). The average Bonchev–Trinajstić information content (AvgIpc) is 2.56. The number of esters is 1. The van der Waals surface area contributed by atoms with Crippen molar-refractivity contribution < 1.29 is 9.53 Å². The van der Waals surface area contributed by atoms with Gasteiger partial charge >= 0.3 is 5.97 Å². The second-order valence-corrected chi connectivity index (χ2v) is 8.70. The summed E-state index contributed by atoms with van der Waals surface area (Å²) in [6.45, 7) is 12.1. The number of aromatic nitrogens is 2. The van der Waals surface area contributed by atoms with Gasteiger partial charge in [-0.05, 0) is 51.3 Å². The summed E-state index contributed by atoms with van der Waals surface area (Å²) in [6.07, 6.45) is 0.528. The van der Waals surface area contributed by atoms with E-state index in [9.17, 15) is 4.79 Å². The molecule has 0 aliphatic carbocycles. The molecule has 0 spiro atoms. The van der Waals surface area contributed by atoms with Crippen LogP contribution in [0.5, 0.6) is 0 Å². The molecule has 0 radical (unpaired) electrons. The Morgan fingerprint density at radius 1 is 1.21 bits per heavy atom. The fourth-order valence-electron chi connectivity index (χ4n) is 2.74. The van der Waals surface area contributed by atoms with E-state index in [4.69, 9.17) is 27.9 Å². The lowest BCUT2D eigenvalue weighted by Crippen LogP contribution is -2.26. The molecule has 0 bridgehead atoms. The molecule has 0 saturated heterocycles. The average molecular weight is 424 g/mol. The fourth-order valence-corrected chi connectivity index (χ4v) is 3.21. The third kappa shape index (κ3) is 5.82. The van der Waals surface area contributed by atoms with Crippen LogP contribution in [0.4, 0.5) is 5.82 Å². The van der Waals surface area contributed by atoms with Gasteiger partial charge in [0, 0.05) is 28.6 Å². The maximum atomic E-state index is 12.5. The van der Waals surface area contributed by atoms with Gasteiger partial charge in [-0.2, -0.15) is 0 Å². The van der Waals surface area contributed by atoms with E-state index in [0.29, 0.717) is 28.8 Å². The van der Waals surface area contributed by atoms with Gasteiger partial charge in [-0.3, -0.25) is 0 Å². The molecule has 5 nitrogen and oxygen atoms in total. The van der Waals surface area contributed by atoms with Crippen LogP contribution in [-0.2, 0) is 11.2 Å². The predicted molar refractivity (Wildman–Crippen MR) is 115 cm³/mol. The topological polar surface area (TPSA) is 64.1 Å². The summed E-state index contributed by atoms with van der Waals surface area (Å²) in [4.78, 5) is 21.6. The van der Waals surface area contributed by atoms with Gasteiger partial charge in [-0.1, -0.05) is 43.1 Å². The lowest BCUT2D eigenvalue weighted by molar-refractivity contribution is 0.00553. The summed E-state index contributed by atoms with van der Waals surface area (Å²) < 4.78 is 5.45. The summed E-state index contributed by atoms with van der Waals surface area (Å²) in [7, 11) is 0. The van der Waals surface area contributed by atoms with Crippen LogP contribution in [0, 0.1) is 0 Å². The summed E-state index contributed by atoms with van der Waals surface area (Å²) in [5.41, 5.74) is 2.00. The minimum absolute atomic E-state index is 0.0560. The molecule has 0 unspecified atom stereocenters. The van der Waals surface area contributed by atoms with Crippen LogP contribution in [0.15, 0.2) is 18.2 Å². The maximum absolute atomic E-state index is 12.5. The Hall–Kier alpha value is -1.85. The number of nitrogens with zero attached hydrogens (tertiary/aromatic N) is 2. The zero-order chi connectivity index (χ0) is 21.1. The van der Waals surface area contributed by atoms with Crippen molar-refractivity contribution in [3.05, 3.63) is 50.9 Å². The molecule has 1 aromatic heterocycles. The van der Waals surface area contributed by atoms with Crippen LogP contribution in [0.2, 0.25) is 10.0 Å². The van der Waals surface area contributed by atoms with Gasteiger partial charge in [-0.25, -0.2) is 14.8 Å². The number of benzene rings is 1. The minimum Gasteiger partial charge on any atom is -0.454 e. The molecule has 0 amide bonds. The standard InChI is InChI=1S/C21H27Cl2N3O2/c1-7-24-18-15(10-13-8-9-14(22)11-16(13)23)17(12(2)3)25-19(26-18)20(27)28-21(4,5)6/h8-9,11-12H,7,10H2,1-6H3,(H,24,25,26). The molecule has 152 valence electrons. The van der Waals surface area contributed by atoms with E-state index in [0.717, 1.165) is 16.8 Å². The van der Waals surface area contributed by atoms with Gasteiger partial charge in [0.25, 0.3) is 0 Å². The zero-order valence-corrected chi connectivity index (χ0v) is 18.7. The van der Waals surface area contributed by atoms with E-state index in [2.05, 4.69) is 15.3 Å². The Balaban J connectivity index is 2.55. The van der Waals surface area contributed by atoms with Crippen molar-refractivity contribution >= 4 is 35.0 Å². The van der Waals surface area contributed by atoms with E-state index >= 15 is 0 Å². The molecule has 0 saturated carbocycles. The zero-order valence-electron chi connectivity index (χ0n) is 17.2. The Kier molecular flexibility index (Phi) is 7.29. The second kappa shape index (κ2) is 9.10. The largest absolute Gasteiger partial charge is 0.454 e. The first-order chi connectivity index (χ1) is 13.0. The molecule has 1 N–H and O–H groups in total. The van der Waals surface area contributed by atoms with E-state index < -0.39 is 11.6 Å². The first-order valence-electron chi connectivity index (χ1n) is 9.33. The first-order valence-corrected chi connectivity index (χ1v) is 10.1. The van der Waals surface area contributed by atoms with E-state index in [1.165, 1.54) is 0 Å². The number of nitrogens with one attached hydrogen (secondary N) is 1. The molecular weight excluding hydrogens is 397 g/mol. The highest BCUT2D eigenvalue weighted by Crippen LogP contribution is 2.30. The summed E-state index contributed by atoms with van der Waals surface area (Å²) in [5.74, 6) is 0.223. The number of carbonyl (C=O) groups is 1. The van der Waals surface area contributed by atoms with Crippen molar-refractivity contribution in [3.8, 4) is 0 Å². The number of anilines is 1. The Labute approximate surface area is 176 Å². The van der Waals surface area contributed by atoms with Gasteiger partial charge in [0.2, 0.25) is 5.82 Å². The molecule has 2 aromatic rings. The highest BCUT2D eigenvalue weighted by molar-refractivity contribution is 6.35. The van der Waals surface area contributed by atoms with Gasteiger partial charge in [0.1, 0.15) is 11.4 Å². The van der Waals surface area contributed by atoms with Crippen LogP contribution in [0.25, 0.3) is 0 Å². The van der Waals surface area contributed by atoms with E-state index in [1.807, 2.05) is 47.6 Å². The summed E-state index contributed by atoms with van der Waals surface area (Å²) in [5, 5.41) is 4.42. The van der Waals surface area contributed by atoms with Crippen LogP contribution < -0.4 is 5.32 Å². The van der Waals surface area contributed by atoms with Gasteiger partial charge in [0.15, 0.2) is 0 Å². The summed E-state index contributed by atoms with van der Waals surface area (Å²) >= 11 is 12.4. The summed E-state index contributed by atoms with van der Waals surface area (Å²) in [6, 6.07) is 5.42. The van der Waals surface area contributed by atoms with Crippen LogP contribution in [-0.4, -0.2) is 28.1 Å². The monoisotopic (exact) mass is 423 g/mol. The van der Waals surface area contributed by atoms with Crippen molar-refractivity contribution in [2.75, 3.05) is 11.9 Å². The molecule has 1 heterocycles. The quantitative estimate of drug-likeness (QED) is 0.587. The Morgan fingerprint density at radius 3 is 2.43 bits per heavy atom. The Bertz CT molecular complexity index is 861.